The van der Waals surface area contributed by atoms with Crippen LogP contribution in [0.2, 0.25) is 0 Å². The predicted octanol–water partition coefficient (Wildman–Crippen LogP) is 3.67. The van der Waals surface area contributed by atoms with E-state index in [9.17, 15) is 5.11 Å². The normalized spacial score (nSPS) is 31.1. The Labute approximate surface area is 85.1 Å². The SMILES string of the molecule is C=CC1=CCC=C2C=C(O)CC[C@]12C. The van der Waals surface area contributed by atoms with E-state index in [-0.39, 0.29) is 5.41 Å². The summed E-state index contributed by atoms with van der Waals surface area (Å²) in [5, 5.41) is 9.50. The lowest BCUT2D eigenvalue weighted by atomic mass is 9.67. The van der Waals surface area contributed by atoms with Crippen molar-refractivity contribution in [2.24, 2.45) is 5.41 Å². The van der Waals surface area contributed by atoms with Gasteiger partial charge in [0.05, 0.1) is 5.76 Å². The topological polar surface area (TPSA) is 20.2 Å². The summed E-state index contributed by atoms with van der Waals surface area (Å²) < 4.78 is 0. The minimum atomic E-state index is 0.0895. The molecule has 0 aromatic rings. The lowest BCUT2D eigenvalue weighted by Gasteiger charge is -2.37. The second kappa shape index (κ2) is 3.16. The quantitative estimate of drug-likeness (QED) is 0.665. The van der Waals surface area contributed by atoms with E-state index in [2.05, 4.69) is 25.7 Å². The molecule has 0 saturated carbocycles. The van der Waals surface area contributed by atoms with Crippen LogP contribution in [0.15, 0.2) is 47.8 Å². The Morgan fingerprint density at radius 2 is 2.29 bits per heavy atom. The van der Waals surface area contributed by atoms with Crippen LogP contribution in [0, 0.1) is 5.41 Å². The molecule has 0 unspecified atom stereocenters. The van der Waals surface area contributed by atoms with Crippen molar-refractivity contribution in [2.45, 2.75) is 26.2 Å². The molecule has 2 rings (SSSR count). The van der Waals surface area contributed by atoms with Gasteiger partial charge in [0.25, 0.3) is 0 Å². The summed E-state index contributed by atoms with van der Waals surface area (Å²) >= 11 is 0. The highest BCUT2D eigenvalue weighted by Gasteiger charge is 2.34. The summed E-state index contributed by atoms with van der Waals surface area (Å²) in [5.41, 5.74) is 2.64. The molecule has 1 atom stereocenters. The first-order chi connectivity index (χ1) is 6.66. The summed E-state index contributed by atoms with van der Waals surface area (Å²) in [6.45, 7) is 6.09. The summed E-state index contributed by atoms with van der Waals surface area (Å²) in [6, 6.07) is 0. The van der Waals surface area contributed by atoms with Gasteiger partial charge in [-0.05, 0) is 30.1 Å². The molecule has 0 heterocycles. The number of fused-ring (bicyclic) bond motifs is 1. The Balaban J connectivity index is 2.44. The molecule has 14 heavy (non-hydrogen) atoms. The van der Waals surface area contributed by atoms with Gasteiger partial charge in [-0.2, -0.15) is 0 Å². The smallest absolute Gasteiger partial charge is 0.0926 e. The van der Waals surface area contributed by atoms with Crippen LogP contribution in [0.3, 0.4) is 0 Å². The standard InChI is InChI=1S/C13H16O/c1-3-10-5-4-6-11-9-12(14)7-8-13(10,11)2/h3,5-6,9,14H,1,4,7-8H2,2H3/t13-/m1/s1. The third-order valence-electron chi connectivity index (χ3n) is 3.37. The average Bonchev–Trinajstić information content (AvgIpc) is 2.18. The zero-order valence-electron chi connectivity index (χ0n) is 8.59. The summed E-state index contributed by atoms with van der Waals surface area (Å²) in [5.74, 6) is 0.513. The summed E-state index contributed by atoms with van der Waals surface area (Å²) in [4.78, 5) is 0. The Bertz CT molecular complexity index is 357. The Morgan fingerprint density at radius 3 is 3.00 bits per heavy atom. The van der Waals surface area contributed by atoms with Gasteiger partial charge in [-0.1, -0.05) is 31.7 Å². The molecule has 74 valence electrons. The molecule has 1 heteroatoms. The third kappa shape index (κ3) is 1.24. The number of hydrogen-bond donors (Lipinski definition) is 1. The van der Waals surface area contributed by atoms with E-state index in [4.69, 9.17) is 0 Å². The van der Waals surface area contributed by atoms with Crippen LogP contribution >= 0.6 is 0 Å². The number of aliphatic hydroxyl groups is 1. The average molecular weight is 188 g/mol. The van der Waals surface area contributed by atoms with Crippen molar-refractivity contribution in [3.8, 4) is 0 Å². The van der Waals surface area contributed by atoms with E-state index in [1.165, 1.54) is 11.1 Å². The second-order valence-electron chi connectivity index (χ2n) is 4.23. The van der Waals surface area contributed by atoms with Crippen LogP contribution in [-0.4, -0.2) is 5.11 Å². The van der Waals surface area contributed by atoms with Gasteiger partial charge in [0.2, 0.25) is 0 Å². The Kier molecular flexibility index (Phi) is 2.10. The fraction of sp³-hybridized carbons (Fsp3) is 0.385. The van der Waals surface area contributed by atoms with E-state index in [1.807, 2.05) is 12.2 Å². The fourth-order valence-corrected chi connectivity index (χ4v) is 2.38. The molecule has 0 radical (unpaired) electrons. The molecule has 2 aliphatic carbocycles. The van der Waals surface area contributed by atoms with Gasteiger partial charge >= 0.3 is 0 Å². The van der Waals surface area contributed by atoms with Crippen molar-refractivity contribution < 1.29 is 5.11 Å². The van der Waals surface area contributed by atoms with Crippen LogP contribution in [0.1, 0.15) is 26.2 Å². The lowest BCUT2D eigenvalue weighted by molar-refractivity contribution is 0.329. The van der Waals surface area contributed by atoms with Gasteiger partial charge < -0.3 is 5.11 Å². The van der Waals surface area contributed by atoms with Gasteiger partial charge in [0, 0.05) is 11.8 Å². The van der Waals surface area contributed by atoms with Gasteiger partial charge in [0.15, 0.2) is 0 Å². The highest BCUT2D eigenvalue weighted by Crippen LogP contribution is 2.47. The number of hydrogen-bond acceptors (Lipinski definition) is 1. The molecule has 0 aromatic heterocycles. The van der Waals surface area contributed by atoms with Gasteiger partial charge in [-0.25, -0.2) is 0 Å². The maximum absolute atomic E-state index is 9.50. The van der Waals surface area contributed by atoms with E-state index in [0.717, 1.165) is 19.3 Å². The molecule has 0 aliphatic heterocycles. The molecule has 0 spiro atoms. The zero-order valence-corrected chi connectivity index (χ0v) is 8.59. The first-order valence-electron chi connectivity index (χ1n) is 5.10. The Hall–Kier alpha value is -1.24. The van der Waals surface area contributed by atoms with Crippen LogP contribution in [0.25, 0.3) is 0 Å². The molecular formula is C13H16O. The minimum absolute atomic E-state index is 0.0895. The van der Waals surface area contributed by atoms with Crippen LogP contribution < -0.4 is 0 Å². The van der Waals surface area contributed by atoms with Gasteiger partial charge in [0.1, 0.15) is 0 Å². The molecule has 1 nitrogen and oxygen atoms in total. The van der Waals surface area contributed by atoms with Crippen LogP contribution in [0.4, 0.5) is 0 Å². The van der Waals surface area contributed by atoms with Crippen LogP contribution in [-0.2, 0) is 0 Å². The van der Waals surface area contributed by atoms with E-state index in [1.54, 1.807) is 0 Å². The highest BCUT2D eigenvalue weighted by atomic mass is 16.3. The van der Waals surface area contributed by atoms with Crippen LogP contribution in [0.5, 0.6) is 0 Å². The molecule has 2 aliphatic rings. The monoisotopic (exact) mass is 188 g/mol. The zero-order chi connectivity index (χ0) is 10.2. The summed E-state index contributed by atoms with van der Waals surface area (Å²) in [6.07, 6.45) is 11.0. The third-order valence-corrected chi connectivity index (χ3v) is 3.37. The van der Waals surface area contributed by atoms with E-state index < -0.39 is 0 Å². The largest absolute Gasteiger partial charge is 0.512 e. The summed E-state index contributed by atoms with van der Waals surface area (Å²) in [7, 11) is 0. The molecule has 0 aromatic carbocycles. The number of aliphatic hydroxyl groups excluding tert-OH is 1. The van der Waals surface area contributed by atoms with Crippen molar-refractivity contribution >= 4 is 0 Å². The number of rotatable bonds is 1. The lowest BCUT2D eigenvalue weighted by Crippen LogP contribution is -2.25. The van der Waals surface area contributed by atoms with Crippen molar-refractivity contribution in [1.29, 1.82) is 0 Å². The van der Waals surface area contributed by atoms with Crippen molar-refractivity contribution in [2.75, 3.05) is 0 Å². The molecule has 0 bridgehead atoms. The molecule has 1 N–H and O–H groups in total. The molecule has 0 fully saturated rings. The fourth-order valence-electron chi connectivity index (χ4n) is 2.38. The highest BCUT2D eigenvalue weighted by molar-refractivity contribution is 5.46. The molecular weight excluding hydrogens is 172 g/mol. The molecule has 0 amide bonds. The van der Waals surface area contributed by atoms with Crippen molar-refractivity contribution in [3.05, 3.63) is 47.8 Å². The Morgan fingerprint density at radius 1 is 1.50 bits per heavy atom. The predicted molar refractivity (Wildman–Crippen MR) is 59.0 cm³/mol. The van der Waals surface area contributed by atoms with E-state index >= 15 is 0 Å². The number of allylic oxidation sites excluding steroid dienone is 7. The van der Waals surface area contributed by atoms with E-state index in [0.29, 0.717) is 5.76 Å². The van der Waals surface area contributed by atoms with Gasteiger partial charge in [-0.3, -0.25) is 0 Å². The van der Waals surface area contributed by atoms with Crippen molar-refractivity contribution in [1.82, 2.24) is 0 Å². The second-order valence-corrected chi connectivity index (χ2v) is 4.23. The van der Waals surface area contributed by atoms with Gasteiger partial charge in [-0.15, -0.1) is 0 Å². The first kappa shape index (κ1) is 9.32. The minimum Gasteiger partial charge on any atom is -0.512 e. The molecule has 0 saturated heterocycles. The maximum atomic E-state index is 9.50. The van der Waals surface area contributed by atoms with Crippen molar-refractivity contribution in [3.63, 3.8) is 0 Å². The maximum Gasteiger partial charge on any atom is 0.0926 e. The first-order valence-corrected chi connectivity index (χ1v) is 5.10.